The van der Waals surface area contributed by atoms with Crippen LogP contribution in [0.25, 0.3) is 0 Å². The molecule has 7 nitrogen and oxygen atoms in total. The monoisotopic (exact) mass is 280 g/mol. The topological polar surface area (TPSA) is 105 Å². The highest BCUT2D eigenvalue weighted by Crippen LogP contribution is 2.21. The molecule has 0 unspecified atom stereocenters. The van der Waals surface area contributed by atoms with E-state index in [1.54, 1.807) is 45.0 Å². The molecule has 110 valence electrons. The van der Waals surface area contributed by atoms with Crippen molar-refractivity contribution in [2.75, 3.05) is 17.2 Å². The molecule has 0 atom stereocenters. The van der Waals surface area contributed by atoms with Crippen LogP contribution >= 0.6 is 0 Å². The van der Waals surface area contributed by atoms with E-state index < -0.39 is 11.7 Å². The Labute approximate surface area is 117 Å². The maximum Gasteiger partial charge on any atom is 0.412 e. The summed E-state index contributed by atoms with van der Waals surface area (Å²) < 4.78 is 5.17. The second-order valence-corrected chi connectivity index (χ2v) is 5.09. The van der Waals surface area contributed by atoms with Gasteiger partial charge >= 0.3 is 6.09 Å². The zero-order chi connectivity index (χ0) is 15.2. The molecule has 0 bridgehead atoms. The lowest BCUT2D eigenvalue weighted by Gasteiger charge is -2.20. The van der Waals surface area contributed by atoms with Gasteiger partial charge in [-0.15, -0.1) is 0 Å². The van der Waals surface area contributed by atoms with Gasteiger partial charge in [0.2, 0.25) is 0 Å². The smallest absolute Gasteiger partial charge is 0.412 e. The molecule has 0 aliphatic heterocycles. The van der Waals surface area contributed by atoms with Crippen molar-refractivity contribution in [2.24, 2.45) is 5.84 Å². The minimum Gasteiger partial charge on any atom is -0.444 e. The van der Waals surface area contributed by atoms with Crippen molar-refractivity contribution in [1.29, 1.82) is 0 Å². The van der Waals surface area contributed by atoms with Crippen molar-refractivity contribution >= 4 is 23.4 Å². The Morgan fingerprint density at radius 3 is 2.35 bits per heavy atom. The van der Waals surface area contributed by atoms with E-state index in [1.807, 2.05) is 5.43 Å². The van der Waals surface area contributed by atoms with Crippen LogP contribution in [0.15, 0.2) is 24.3 Å². The van der Waals surface area contributed by atoms with Gasteiger partial charge in [0.1, 0.15) is 5.60 Å². The van der Waals surface area contributed by atoms with E-state index in [1.165, 1.54) is 0 Å². The first kappa shape index (κ1) is 15.8. The Morgan fingerprint density at radius 1 is 1.20 bits per heavy atom. The Bertz CT molecular complexity index is 483. The summed E-state index contributed by atoms with van der Waals surface area (Å²) in [4.78, 5) is 22.8. The highest BCUT2D eigenvalue weighted by Gasteiger charge is 2.17. The van der Waals surface area contributed by atoms with E-state index >= 15 is 0 Å². The third kappa shape index (κ3) is 5.57. The molecule has 20 heavy (non-hydrogen) atoms. The van der Waals surface area contributed by atoms with Crippen LogP contribution in [-0.2, 0) is 9.53 Å². The number of hydrazine groups is 1. The van der Waals surface area contributed by atoms with Gasteiger partial charge in [0.15, 0.2) is 0 Å². The lowest BCUT2D eigenvalue weighted by Crippen LogP contribution is -2.35. The van der Waals surface area contributed by atoms with E-state index in [2.05, 4.69) is 10.6 Å². The van der Waals surface area contributed by atoms with Gasteiger partial charge < -0.3 is 10.1 Å². The number of anilines is 2. The summed E-state index contributed by atoms with van der Waals surface area (Å²) in [6, 6.07) is 6.98. The first-order valence-corrected chi connectivity index (χ1v) is 6.14. The van der Waals surface area contributed by atoms with Gasteiger partial charge in [-0.05, 0) is 32.9 Å². The summed E-state index contributed by atoms with van der Waals surface area (Å²) in [5.41, 5.74) is 2.55. The molecule has 0 spiro atoms. The van der Waals surface area contributed by atoms with E-state index in [0.717, 1.165) is 0 Å². The molecule has 0 heterocycles. The molecule has 5 N–H and O–H groups in total. The summed E-state index contributed by atoms with van der Waals surface area (Å²) in [7, 11) is 0. The molecule has 1 aromatic carbocycles. The zero-order valence-corrected chi connectivity index (χ0v) is 11.8. The summed E-state index contributed by atoms with van der Waals surface area (Å²) in [5, 5.41) is 5.49. The quantitative estimate of drug-likeness (QED) is 0.379. The van der Waals surface area contributed by atoms with Crippen molar-refractivity contribution in [3.05, 3.63) is 24.3 Å². The number of rotatable bonds is 4. The number of hydrogen-bond donors (Lipinski definition) is 4. The summed E-state index contributed by atoms with van der Waals surface area (Å²) >= 11 is 0. The Kier molecular flexibility index (Phi) is 5.33. The van der Waals surface area contributed by atoms with Crippen LogP contribution in [0.5, 0.6) is 0 Å². The van der Waals surface area contributed by atoms with Crippen molar-refractivity contribution in [3.8, 4) is 0 Å². The van der Waals surface area contributed by atoms with E-state index in [9.17, 15) is 9.59 Å². The first-order chi connectivity index (χ1) is 9.31. The molecular weight excluding hydrogens is 260 g/mol. The molecule has 1 aromatic rings. The molecular formula is C13H20N4O3. The number of amides is 2. The van der Waals surface area contributed by atoms with E-state index in [0.29, 0.717) is 11.4 Å². The second-order valence-electron chi connectivity index (χ2n) is 5.09. The van der Waals surface area contributed by atoms with Crippen molar-refractivity contribution < 1.29 is 14.3 Å². The molecule has 7 heteroatoms. The normalized spacial score (nSPS) is 10.6. The molecule has 0 aliphatic carbocycles. The molecule has 2 amide bonds. The van der Waals surface area contributed by atoms with Gasteiger partial charge in [-0.1, -0.05) is 12.1 Å². The van der Waals surface area contributed by atoms with E-state index in [-0.39, 0.29) is 12.5 Å². The average molecular weight is 280 g/mol. The maximum absolute atomic E-state index is 11.7. The fraction of sp³-hybridized carbons (Fsp3) is 0.385. The molecule has 0 fully saturated rings. The van der Waals surface area contributed by atoms with Gasteiger partial charge in [-0.2, -0.15) is 0 Å². The number of hydrogen-bond acceptors (Lipinski definition) is 5. The predicted octanol–water partition coefficient (Wildman–Crippen LogP) is 1.44. The van der Waals surface area contributed by atoms with Crippen molar-refractivity contribution in [1.82, 2.24) is 5.43 Å². The molecule has 0 saturated heterocycles. The summed E-state index contributed by atoms with van der Waals surface area (Å²) in [6.45, 7) is 5.34. The number of ether oxygens (including phenoxy) is 1. The first-order valence-electron chi connectivity index (χ1n) is 6.14. The standard InChI is InChI=1S/C13H20N4O3/c1-13(2,3)20-12(19)16-10-7-5-4-6-9(10)15-8-11(18)17-14/h4-7,15H,8,14H2,1-3H3,(H,16,19)(H,17,18). The van der Waals surface area contributed by atoms with Gasteiger partial charge in [0, 0.05) is 0 Å². The molecule has 1 rings (SSSR count). The van der Waals surface area contributed by atoms with Gasteiger partial charge in [-0.25, -0.2) is 10.6 Å². The maximum atomic E-state index is 11.7. The zero-order valence-electron chi connectivity index (χ0n) is 11.8. The number of benzene rings is 1. The van der Waals surface area contributed by atoms with Crippen LogP contribution in [0.3, 0.4) is 0 Å². The number of carbonyl (C=O) groups is 2. The second kappa shape index (κ2) is 6.76. The van der Waals surface area contributed by atoms with Crippen LogP contribution in [0.4, 0.5) is 16.2 Å². The number of nitrogens with two attached hydrogens (primary N) is 1. The number of para-hydroxylation sites is 2. The fourth-order valence-electron chi connectivity index (χ4n) is 1.39. The minimum absolute atomic E-state index is 0.00348. The number of carbonyl (C=O) groups excluding carboxylic acids is 2. The fourth-order valence-corrected chi connectivity index (χ4v) is 1.39. The Hall–Kier alpha value is -2.28. The summed E-state index contributed by atoms with van der Waals surface area (Å²) in [5.74, 6) is 4.63. The molecule has 0 radical (unpaired) electrons. The minimum atomic E-state index is -0.577. The SMILES string of the molecule is CC(C)(C)OC(=O)Nc1ccccc1NCC(=O)NN. The number of nitrogens with one attached hydrogen (secondary N) is 3. The van der Waals surface area contributed by atoms with E-state index in [4.69, 9.17) is 10.6 Å². The Balaban J connectivity index is 2.70. The molecule has 0 aliphatic rings. The van der Waals surface area contributed by atoms with Crippen LogP contribution in [0.2, 0.25) is 0 Å². The van der Waals surface area contributed by atoms with Gasteiger partial charge in [0.25, 0.3) is 5.91 Å². The van der Waals surface area contributed by atoms with Crippen LogP contribution < -0.4 is 21.9 Å². The molecule has 0 aromatic heterocycles. The highest BCUT2D eigenvalue weighted by atomic mass is 16.6. The lowest BCUT2D eigenvalue weighted by atomic mass is 10.2. The highest BCUT2D eigenvalue weighted by molar-refractivity contribution is 5.90. The van der Waals surface area contributed by atoms with Crippen LogP contribution in [0.1, 0.15) is 20.8 Å². The predicted molar refractivity (Wildman–Crippen MR) is 77.1 cm³/mol. The lowest BCUT2D eigenvalue weighted by molar-refractivity contribution is -0.119. The average Bonchev–Trinajstić information content (AvgIpc) is 2.35. The third-order valence-electron chi connectivity index (χ3n) is 2.16. The van der Waals surface area contributed by atoms with Crippen molar-refractivity contribution in [3.63, 3.8) is 0 Å². The van der Waals surface area contributed by atoms with Crippen LogP contribution in [-0.4, -0.2) is 24.1 Å². The van der Waals surface area contributed by atoms with Gasteiger partial charge in [0.05, 0.1) is 17.9 Å². The largest absolute Gasteiger partial charge is 0.444 e. The van der Waals surface area contributed by atoms with Gasteiger partial charge in [-0.3, -0.25) is 15.5 Å². The third-order valence-corrected chi connectivity index (χ3v) is 2.16. The molecule has 0 saturated carbocycles. The summed E-state index contributed by atoms with van der Waals surface area (Å²) in [6.07, 6.45) is -0.560. The Morgan fingerprint density at radius 2 is 1.80 bits per heavy atom. The van der Waals surface area contributed by atoms with Crippen LogP contribution in [0, 0.1) is 0 Å². The van der Waals surface area contributed by atoms with Crippen molar-refractivity contribution in [2.45, 2.75) is 26.4 Å².